The molecule has 0 spiro atoms. The summed E-state index contributed by atoms with van der Waals surface area (Å²) in [6, 6.07) is 18.6. The number of allylic oxidation sites excluding steroid dienone is 2. The summed E-state index contributed by atoms with van der Waals surface area (Å²) in [5.74, 6) is 1.52. The van der Waals surface area contributed by atoms with Crippen LogP contribution in [0.5, 0.6) is 0 Å². The second-order valence-corrected chi connectivity index (χ2v) is 12.9. The Balaban J connectivity index is 0.000000331. The number of benzene rings is 3. The van der Waals surface area contributed by atoms with E-state index in [4.69, 9.17) is 9.97 Å². The third-order valence-corrected chi connectivity index (χ3v) is 9.48. The summed E-state index contributed by atoms with van der Waals surface area (Å²) in [7, 11) is 0. The number of fused-ring (bicyclic) bond motifs is 3. The number of hydrogen-bond acceptors (Lipinski definition) is 4. The van der Waals surface area contributed by atoms with Crippen molar-refractivity contribution in [3.05, 3.63) is 82.9 Å². The molecule has 0 aliphatic carbocycles. The maximum atomic E-state index is 12.2. The molecule has 1 radical (unpaired) electrons. The number of aryl methyl sites for hydroxylation is 3. The molecule has 0 aliphatic heterocycles. The fourth-order valence-corrected chi connectivity index (χ4v) is 5.50. The van der Waals surface area contributed by atoms with Crippen molar-refractivity contribution in [1.29, 1.82) is 0 Å². The van der Waals surface area contributed by atoms with Crippen molar-refractivity contribution < 1.29 is 30.0 Å². The molecule has 0 aliphatic rings. The van der Waals surface area contributed by atoms with Crippen molar-refractivity contribution in [1.82, 2.24) is 9.97 Å². The van der Waals surface area contributed by atoms with Crippen molar-refractivity contribution in [2.24, 2.45) is 10.8 Å². The molecular formula is C39H51IrN2O2-. The van der Waals surface area contributed by atoms with Gasteiger partial charge in [-0.3, -0.25) is 9.78 Å². The molecule has 4 aromatic rings. The Morgan fingerprint density at radius 2 is 1.52 bits per heavy atom. The first-order valence-electron chi connectivity index (χ1n) is 15.9. The first-order valence-corrected chi connectivity index (χ1v) is 15.9. The zero-order chi connectivity index (χ0) is 32.1. The van der Waals surface area contributed by atoms with Crippen LogP contribution in [-0.4, -0.2) is 20.9 Å². The molecule has 4 rings (SSSR count). The quantitative estimate of drug-likeness (QED) is 0.0797. The van der Waals surface area contributed by atoms with Gasteiger partial charge in [0.2, 0.25) is 0 Å². The van der Waals surface area contributed by atoms with Crippen molar-refractivity contribution in [2.45, 2.75) is 108 Å². The molecule has 0 amide bonds. The third kappa shape index (κ3) is 8.03. The molecule has 239 valence electrons. The molecule has 1 N–H and O–H groups in total. The van der Waals surface area contributed by atoms with E-state index in [0.29, 0.717) is 5.92 Å². The molecule has 1 aromatic heterocycles. The van der Waals surface area contributed by atoms with Crippen LogP contribution in [0.1, 0.15) is 110 Å². The van der Waals surface area contributed by atoms with E-state index in [1.165, 1.54) is 28.0 Å². The minimum absolute atomic E-state index is 0. The number of aromatic nitrogens is 2. The van der Waals surface area contributed by atoms with E-state index in [2.05, 4.69) is 76.2 Å². The van der Waals surface area contributed by atoms with E-state index in [1.54, 1.807) is 0 Å². The zero-order valence-electron chi connectivity index (χ0n) is 28.6. The van der Waals surface area contributed by atoms with Gasteiger partial charge in [0, 0.05) is 42.4 Å². The minimum atomic E-state index is -0.337. The SMILES string of the molecule is CCC(C)(CC)C(=O)/C=C(\O)C(C)(CC)CC.Cc1[c-]c(-c2nc(C)nc3c2ccc2cccc(C(C)C)c23)cc(C)c1.[Ir]. The predicted molar refractivity (Wildman–Crippen MR) is 183 cm³/mol. The molecule has 0 atom stereocenters. The van der Waals surface area contributed by atoms with Gasteiger partial charge in [-0.05, 0) is 60.6 Å². The van der Waals surface area contributed by atoms with Crippen LogP contribution in [0.25, 0.3) is 32.9 Å². The summed E-state index contributed by atoms with van der Waals surface area (Å²) in [5, 5.41) is 13.7. The van der Waals surface area contributed by atoms with Crippen molar-refractivity contribution >= 4 is 27.5 Å². The van der Waals surface area contributed by atoms with Crippen molar-refractivity contribution in [2.75, 3.05) is 0 Å². The molecule has 1 heterocycles. The molecule has 3 aromatic carbocycles. The van der Waals surface area contributed by atoms with Crippen LogP contribution < -0.4 is 0 Å². The largest absolute Gasteiger partial charge is 0.512 e. The van der Waals surface area contributed by atoms with Crippen LogP contribution in [0.4, 0.5) is 0 Å². The number of nitrogens with zero attached hydrogens (tertiary/aromatic N) is 2. The molecule has 0 bridgehead atoms. The van der Waals surface area contributed by atoms with Gasteiger partial charge < -0.3 is 5.11 Å². The number of hydrogen-bond donors (Lipinski definition) is 1. The average Bonchev–Trinajstić information content (AvgIpc) is 2.98. The van der Waals surface area contributed by atoms with Gasteiger partial charge in [-0.1, -0.05) is 99.6 Å². The molecule has 0 unspecified atom stereocenters. The number of carbonyl (C=O) groups is 1. The molecule has 0 saturated heterocycles. The Kier molecular flexibility index (Phi) is 13.1. The molecule has 0 saturated carbocycles. The van der Waals surface area contributed by atoms with E-state index in [0.717, 1.165) is 59.2 Å². The fraction of sp³-hybridized carbons (Fsp3) is 0.462. The fourth-order valence-electron chi connectivity index (χ4n) is 5.50. The Labute approximate surface area is 279 Å². The van der Waals surface area contributed by atoms with Crippen LogP contribution in [-0.2, 0) is 24.9 Å². The van der Waals surface area contributed by atoms with Crippen LogP contribution >= 0.6 is 0 Å². The minimum Gasteiger partial charge on any atom is -0.512 e. The summed E-state index contributed by atoms with van der Waals surface area (Å²) in [6.45, 7) is 22.7. The van der Waals surface area contributed by atoms with Crippen LogP contribution in [0.15, 0.2) is 54.3 Å². The van der Waals surface area contributed by atoms with Gasteiger partial charge in [0.05, 0.1) is 5.52 Å². The van der Waals surface area contributed by atoms with Gasteiger partial charge >= 0.3 is 0 Å². The smallest absolute Gasteiger partial charge is 0.164 e. The van der Waals surface area contributed by atoms with Crippen LogP contribution in [0, 0.1) is 37.7 Å². The first kappa shape index (κ1) is 37.3. The second-order valence-electron chi connectivity index (χ2n) is 12.9. The summed E-state index contributed by atoms with van der Waals surface area (Å²) >= 11 is 0. The molecule has 4 nitrogen and oxygen atoms in total. The maximum Gasteiger partial charge on any atom is 0.164 e. The first-order chi connectivity index (χ1) is 20.2. The van der Waals surface area contributed by atoms with Gasteiger partial charge in [0.25, 0.3) is 0 Å². The number of carbonyl (C=O) groups excluding carboxylic acids is 1. The topological polar surface area (TPSA) is 63.1 Å². The van der Waals surface area contributed by atoms with Gasteiger partial charge in [-0.2, -0.15) is 0 Å². The van der Waals surface area contributed by atoms with Crippen LogP contribution in [0.2, 0.25) is 0 Å². The van der Waals surface area contributed by atoms with E-state index in [-0.39, 0.29) is 42.5 Å². The number of rotatable bonds is 9. The Morgan fingerprint density at radius 1 is 0.909 bits per heavy atom. The number of aliphatic hydroxyl groups excluding tert-OH is 1. The van der Waals surface area contributed by atoms with E-state index in [9.17, 15) is 9.90 Å². The summed E-state index contributed by atoms with van der Waals surface area (Å²) in [5.41, 5.74) is 6.15. The summed E-state index contributed by atoms with van der Waals surface area (Å²) < 4.78 is 0. The van der Waals surface area contributed by atoms with Gasteiger partial charge in [0.15, 0.2) is 5.78 Å². The van der Waals surface area contributed by atoms with E-state index < -0.39 is 0 Å². The zero-order valence-corrected chi connectivity index (χ0v) is 31.0. The van der Waals surface area contributed by atoms with Gasteiger partial charge in [0.1, 0.15) is 11.6 Å². The number of aliphatic hydroxyl groups is 1. The normalized spacial score (nSPS) is 12.2. The van der Waals surface area contributed by atoms with E-state index in [1.807, 2.05) is 48.5 Å². The second kappa shape index (κ2) is 15.4. The summed E-state index contributed by atoms with van der Waals surface area (Å²) in [6.07, 6.45) is 4.75. The molecule has 44 heavy (non-hydrogen) atoms. The Hall–Kier alpha value is -2.88. The maximum absolute atomic E-state index is 12.2. The third-order valence-electron chi connectivity index (χ3n) is 9.48. The standard InChI is InChI=1S/C24H23N2.C15H28O2.Ir/c1-14(2)20-8-6-7-18-9-10-21-23(19-12-15(3)11-16(4)13-19)25-17(5)26-24(21)22(18)20;1-7-14(5,8-2)12(16)11-13(17)15(6,9-3)10-4;/h6-12,14H,1-5H3;11,16H,7-10H2,1-6H3;/q-1;;/b;12-11-;. The molecular weight excluding hydrogens is 721 g/mol. The number of ketones is 1. The van der Waals surface area contributed by atoms with Gasteiger partial charge in [-0.15, -0.1) is 34.9 Å². The average molecular weight is 772 g/mol. The van der Waals surface area contributed by atoms with Crippen molar-refractivity contribution in [3.63, 3.8) is 0 Å². The molecule has 0 fully saturated rings. The molecule has 5 heteroatoms. The monoisotopic (exact) mass is 772 g/mol. The van der Waals surface area contributed by atoms with Gasteiger partial charge in [-0.25, -0.2) is 4.98 Å². The van der Waals surface area contributed by atoms with Crippen LogP contribution in [0.3, 0.4) is 0 Å². The predicted octanol–water partition coefficient (Wildman–Crippen LogP) is 10.9. The van der Waals surface area contributed by atoms with E-state index >= 15 is 0 Å². The van der Waals surface area contributed by atoms with Crippen molar-refractivity contribution in [3.8, 4) is 11.3 Å². The summed E-state index contributed by atoms with van der Waals surface area (Å²) in [4.78, 5) is 21.8. The Bertz CT molecular complexity index is 1610. The Morgan fingerprint density at radius 3 is 2.07 bits per heavy atom.